The maximum absolute atomic E-state index is 11.4. The van der Waals surface area contributed by atoms with Gasteiger partial charge in [-0.05, 0) is 61.1 Å². The Balaban J connectivity index is 2.71. The molecule has 8 heteroatoms. The minimum absolute atomic E-state index is 0.130. The third-order valence-electron chi connectivity index (χ3n) is 3.77. The molecule has 0 aliphatic heterocycles. The first-order chi connectivity index (χ1) is 10.8. The van der Waals surface area contributed by atoms with Crippen LogP contribution in [0.5, 0.6) is 0 Å². The van der Waals surface area contributed by atoms with Gasteiger partial charge in [-0.1, -0.05) is 24.3 Å². The third kappa shape index (κ3) is 3.51. The quantitative estimate of drug-likeness (QED) is 0.804. The van der Waals surface area contributed by atoms with Crippen molar-refractivity contribution in [3.05, 3.63) is 46.5 Å². The van der Waals surface area contributed by atoms with E-state index in [9.17, 15) is 25.9 Å². The zero-order valence-electron chi connectivity index (χ0n) is 13.7. The minimum Gasteiger partial charge on any atom is -0.282 e. The summed E-state index contributed by atoms with van der Waals surface area (Å²) in [6, 6.07) is 6.43. The molecule has 130 valence electrons. The van der Waals surface area contributed by atoms with Gasteiger partial charge in [-0.15, -0.1) is 0 Å². The molecule has 0 bridgehead atoms. The lowest BCUT2D eigenvalue weighted by atomic mass is 9.97. The molecule has 24 heavy (non-hydrogen) atoms. The number of hydrogen-bond donors (Lipinski definition) is 2. The summed E-state index contributed by atoms with van der Waals surface area (Å²) in [5, 5.41) is 0. The van der Waals surface area contributed by atoms with E-state index < -0.39 is 20.2 Å². The van der Waals surface area contributed by atoms with E-state index in [2.05, 4.69) is 0 Å². The average molecular weight is 370 g/mol. The van der Waals surface area contributed by atoms with Gasteiger partial charge in [0.25, 0.3) is 20.2 Å². The number of aryl methyl sites for hydroxylation is 4. The predicted molar refractivity (Wildman–Crippen MR) is 90.5 cm³/mol. The molecule has 0 unspecified atom stereocenters. The van der Waals surface area contributed by atoms with E-state index in [1.54, 1.807) is 52.0 Å². The molecular weight excluding hydrogens is 352 g/mol. The maximum Gasteiger partial charge on any atom is 0.295 e. The average Bonchev–Trinajstić information content (AvgIpc) is 2.33. The van der Waals surface area contributed by atoms with Crippen LogP contribution in [0, 0.1) is 27.7 Å². The number of hydrogen-bond acceptors (Lipinski definition) is 4. The standard InChI is InChI=1S/C16H18O6S2/c1-9-5-13(6-10(2)15(9)23(17,18)19)14-7-11(3)16(12(4)8-14)24(20,21)22/h5-8H,1-4H3,(H,17,18,19)(H,20,21,22). The Kier molecular flexibility index (Phi) is 4.62. The Morgan fingerprint density at radius 2 is 0.792 bits per heavy atom. The molecule has 0 heterocycles. The topological polar surface area (TPSA) is 109 Å². The van der Waals surface area contributed by atoms with Crippen LogP contribution < -0.4 is 0 Å². The van der Waals surface area contributed by atoms with Crippen molar-refractivity contribution in [3.63, 3.8) is 0 Å². The van der Waals surface area contributed by atoms with Crippen LogP contribution in [0.4, 0.5) is 0 Å². The minimum atomic E-state index is -4.32. The molecule has 2 N–H and O–H groups in total. The molecule has 0 atom stereocenters. The molecule has 2 rings (SSSR count). The number of benzene rings is 2. The molecular formula is C16H18O6S2. The van der Waals surface area contributed by atoms with Crippen molar-refractivity contribution in [3.8, 4) is 11.1 Å². The van der Waals surface area contributed by atoms with Crippen molar-refractivity contribution >= 4 is 20.2 Å². The molecule has 0 saturated heterocycles. The second kappa shape index (κ2) is 5.96. The fourth-order valence-electron chi connectivity index (χ4n) is 3.05. The first kappa shape index (κ1) is 18.6. The third-order valence-corrected chi connectivity index (χ3v) is 6.09. The summed E-state index contributed by atoms with van der Waals surface area (Å²) >= 11 is 0. The summed E-state index contributed by atoms with van der Waals surface area (Å²) in [6.07, 6.45) is 0. The summed E-state index contributed by atoms with van der Waals surface area (Å²) < 4.78 is 64.4. The lowest BCUT2D eigenvalue weighted by Crippen LogP contribution is -2.05. The fourth-order valence-corrected chi connectivity index (χ4v) is 4.91. The summed E-state index contributed by atoms with van der Waals surface area (Å²) in [7, 11) is -8.64. The van der Waals surface area contributed by atoms with Gasteiger partial charge in [0.2, 0.25) is 0 Å². The van der Waals surface area contributed by atoms with Crippen LogP contribution in [-0.2, 0) is 20.2 Å². The van der Waals surface area contributed by atoms with E-state index in [4.69, 9.17) is 0 Å². The van der Waals surface area contributed by atoms with Crippen LogP contribution >= 0.6 is 0 Å². The van der Waals surface area contributed by atoms with E-state index in [1.807, 2.05) is 0 Å². The van der Waals surface area contributed by atoms with Gasteiger partial charge in [0.15, 0.2) is 0 Å². The van der Waals surface area contributed by atoms with E-state index in [-0.39, 0.29) is 9.79 Å². The van der Waals surface area contributed by atoms with E-state index >= 15 is 0 Å². The van der Waals surface area contributed by atoms with Crippen molar-refractivity contribution in [2.45, 2.75) is 37.5 Å². The molecule has 0 fully saturated rings. The summed E-state index contributed by atoms with van der Waals surface area (Å²) in [4.78, 5) is -0.261. The second-order valence-electron chi connectivity index (χ2n) is 5.83. The molecule has 0 saturated carbocycles. The summed E-state index contributed by atoms with van der Waals surface area (Å²) in [6.45, 7) is 6.30. The Morgan fingerprint density at radius 3 is 0.958 bits per heavy atom. The van der Waals surface area contributed by atoms with Crippen molar-refractivity contribution in [2.75, 3.05) is 0 Å². The lowest BCUT2D eigenvalue weighted by Gasteiger charge is -2.13. The molecule has 2 aromatic carbocycles. The van der Waals surface area contributed by atoms with Crippen molar-refractivity contribution in [1.82, 2.24) is 0 Å². The van der Waals surface area contributed by atoms with Gasteiger partial charge >= 0.3 is 0 Å². The van der Waals surface area contributed by atoms with Crippen LogP contribution in [0.25, 0.3) is 11.1 Å². The van der Waals surface area contributed by atoms with E-state index in [1.165, 1.54) is 0 Å². The molecule has 6 nitrogen and oxygen atoms in total. The van der Waals surface area contributed by atoms with Gasteiger partial charge in [0.1, 0.15) is 0 Å². The normalized spacial score (nSPS) is 12.4. The molecule has 0 aliphatic carbocycles. The highest BCUT2D eigenvalue weighted by Crippen LogP contribution is 2.31. The maximum atomic E-state index is 11.4. The Labute approximate surface area is 141 Å². The van der Waals surface area contributed by atoms with Crippen LogP contribution in [0.15, 0.2) is 34.1 Å². The second-order valence-corrected chi connectivity index (χ2v) is 8.55. The monoisotopic (exact) mass is 370 g/mol. The van der Waals surface area contributed by atoms with Gasteiger partial charge in [0, 0.05) is 0 Å². The molecule has 0 aliphatic rings. The van der Waals surface area contributed by atoms with Crippen LogP contribution in [0.1, 0.15) is 22.3 Å². The first-order valence-corrected chi connectivity index (χ1v) is 9.88. The highest BCUT2D eigenvalue weighted by atomic mass is 32.2. The Bertz CT molecular complexity index is 903. The van der Waals surface area contributed by atoms with Crippen LogP contribution in [-0.4, -0.2) is 25.9 Å². The first-order valence-electron chi connectivity index (χ1n) is 7.00. The largest absolute Gasteiger partial charge is 0.295 e. The molecule has 0 amide bonds. The Morgan fingerprint density at radius 1 is 0.583 bits per heavy atom. The molecule has 2 aromatic rings. The zero-order valence-corrected chi connectivity index (χ0v) is 15.3. The van der Waals surface area contributed by atoms with Crippen molar-refractivity contribution in [2.24, 2.45) is 0 Å². The van der Waals surface area contributed by atoms with Crippen LogP contribution in [0.2, 0.25) is 0 Å². The SMILES string of the molecule is Cc1cc(-c2cc(C)c(S(=O)(=O)O)c(C)c2)cc(C)c1S(=O)(=O)O. The molecule has 0 spiro atoms. The fraction of sp³-hybridized carbons (Fsp3) is 0.250. The van der Waals surface area contributed by atoms with Gasteiger partial charge in [-0.25, -0.2) is 0 Å². The van der Waals surface area contributed by atoms with Crippen LogP contribution in [0.3, 0.4) is 0 Å². The zero-order chi connectivity index (χ0) is 18.4. The highest BCUT2D eigenvalue weighted by Gasteiger charge is 2.20. The van der Waals surface area contributed by atoms with Crippen molar-refractivity contribution < 1.29 is 25.9 Å². The number of rotatable bonds is 3. The van der Waals surface area contributed by atoms with Gasteiger partial charge < -0.3 is 0 Å². The van der Waals surface area contributed by atoms with Gasteiger partial charge in [0.05, 0.1) is 9.79 Å². The van der Waals surface area contributed by atoms with Crippen molar-refractivity contribution in [1.29, 1.82) is 0 Å². The smallest absolute Gasteiger partial charge is 0.282 e. The highest BCUT2D eigenvalue weighted by molar-refractivity contribution is 7.86. The van der Waals surface area contributed by atoms with E-state index in [0.717, 1.165) is 0 Å². The Hall–Kier alpha value is -1.74. The van der Waals surface area contributed by atoms with Gasteiger partial charge in [-0.2, -0.15) is 16.8 Å². The summed E-state index contributed by atoms with van der Waals surface area (Å²) in [5.74, 6) is 0. The molecule has 0 aromatic heterocycles. The van der Waals surface area contributed by atoms with E-state index in [0.29, 0.717) is 33.4 Å². The lowest BCUT2D eigenvalue weighted by molar-refractivity contribution is 0.479. The van der Waals surface area contributed by atoms with Gasteiger partial charge in [-0.3, -0.25) is 9.11 Å². The molecule has 0 radical (unpaired) electrons. The predicted octanol–water partition coefficient (Wildman–Crippen LogP) is 3.08. The summed E-state index contributed by atoms with van der Waals surface area (Å²) in [5.41, 5.74) is 2.93.